The molecule has 2 heteroatoms. The molecule has 0 radical (unpaired) electrons. The number of hydrogen-bond donors (Lipinski definition) is 1. The number of halogens is 1. The van der Waals surface area contributed by atoms with Crippen molar-refractivity contribution in [3.63, 3.8) is 0 Å². The molecular weight excluding hydrogens is 242 g/mol. The van der Waals surface area contributed by atoms with Crippen LogP contribution in [0.15, 0.2) is 18.2 Å². The summed E-state index contributed by atoms with van der Waals surface area (Å²) in [4.78, 5) is 0. The van der Waals surface area contributed by atoms with Crippen molar-refractivity contribution in [3.05, 3.63) is 34.3 Å². The topological polar surface area (TPSA) is 26.0 Å². The van der Waals surface area contributed by atoms with Gasteiger partial charge < -0.3 is 5.73 Å². The summed E-state index contributed by atoms with van der Waals surface area (Å²) in [5.41, 5.74) is 8.92. The van der Waals surface area contributed by atoms with Crippen LogP contribution in [0.3, 0.4) is 0 Å². The zero-order valence-electron chi connectivity index (χ0n) is 11.0. The van der Waals surface area contributed by atoms with Gasteiger partial charge in [-0.25, -0.2) is 0 Å². The Bertz CT molecular complexity index is 423. The van der Waals surface area contributed by atoms with Gasteiger partial charge >= 0.3 is 0 Å². The Morgan fingerprint density at radius 3 is 2.33 bits per heavy atom. The molecule has 98 valence electrons. The van der Waals surface area contributed by atoms with E-state index in [1.165, 1.54) is 36.8 Å². The Hall–Kier alpha value is -0.530. The summed E-state index contributed by atoms with van der Waals surface area (Å²) in [6.45, 7) is 2.08. The van der Waals surface area contributed by atoms with E-state index in [0.717, 1.165) is 29.2 Å². The maximum atomic E-state index is 6.48. The van der Waals surface area contributed by atoms with E-state index >= 15 is 0 Å². The first-order valence-electron chi connectivity index (χ1n) is 7.16. The summed E-state index contributed by atoms with van der Waals surface area (Å²) < 4.78 is 0. The van der Waals surface area contributed by atoms with E-state index in [1.807, 2.05) is 6.07 Å². The number of benzene rings is 1. The maximum Gasteiger partial charge on any atom is 0.0441 e. The predicted octanol–water partition coefficient (Wildman–Crippen LogP) is 3.95. The van der Waals surface area contributed by atoms with Crippen LogP contribution in [-0.2, 0) is 6.42 Å². The lowest BCUT2D eigenvalue weighted by atomic mass is 9.86. The molecule has 0 amide bonds. The molecule has 2 aliphatic rings. The molecule has 1 nitrogen and oxygen atoms in total. The van der Waals surface area contributed by atoms with Crippen LogP contribution in [0.1, 0.15) is 36.8 Å². The van der Waals surface area contributed by atoms with E-state index in [-0.39, 0.29) is 0 Å². The number of hydrogen-bond acceptors (Lipinski definition) is 1. The summed E-state index contributed by atoms with van der Waals surface area (Å²) in [5.74, 6) is 2.58. The van der Waals surface area contributed by atoms with Gasteiger partial charge in [-0.3, -0.25) is 0 Å². The van der Waals surface area contributed by atoms with Crippen molar-refractivity contribution < 1.29 is 0 Å². The molecule has 18 heavy (non-hydrogen) atoms. The van der Waals surface area contributed by atoms with Crippen molar-refractivity contribution in [2.24, 2.45) is 23.5 Å². The SMILES string of the molecule is Cc1ccc(CC(N)C(C2CC2)C2CC2)c(Cl)c1. The van der Waals surface area contributed by atoms with Crippen LogP contribution in [0.4, 0.5) is 0 Å². The van der Waals surface area contributed by atoms with Gasteiger partial charge in [-0.15, -0.1) is 0 Å². The molecule has 0 aromatic heterocycles. The lowest BCUT2D eigenvalue weighted by Gasteiger charge is -2.24. The molecule has 0 spiro atoms. The smallest absolute Gasteiger partial charge is 0.0441 e. The largest absolute Gasteiger partial charge is 0.327 e. The van der Waals surface area contributed by atoms with Crippen LogP contribution in [0.5, 0.6) is 0 Å². The highest BCUT2D eigenvalue weighted by molar-refractivity contribution is 6.31. The second kappa shape index (κ2) is 4.86. The van der Waals surface area contributed by atoms with Gasteiger partial charge in [0.1, 0.15) is 0 Å². The first kappa shape index (κ1) is 12.5. The van der Waals surface area contributed by atoms with Gasteiger partial charge in [-0.05, 0) is 74.0 Å². The van der Waals surface area contributed by atoms with Gasteiger partial charge in [-0.1, -0.05) is 23.7 Å². The van der Waals surface area contributed by atoms with Crippen molar-refractivity contribution in [3.8, 4) is 0 Å². The van der Waals surface area contributed by atoms with Crippen LogP contribution in [0, 0.1) is 24.7 Å². The molecule has 1 aromatic carbocycles. The normalized spacial score (nSPS) is 21.3. The van der Waals surface area contributed by atoms with E-state index in [2.05, 4.69) is 19.1 Å². The fourth-order valence-electron chi connectivity index (χ4n) is 3.25. The Morgan fingerprint density at radius 1 is 1.22 bits per heavy atom. The van der Waals surface area contributed by atoms with Crippen LogP contribution in [-0.4, -0.2) is 6.04 Å². The van der Waals surface area contributed by atoms with Crippen molar-refractivity contribution >= 4 is 11.6 Å². The average molecular weight is 264 g/mol. The average Bonchev–Trinajstić information content (AvgIpc) is 3.16. The minimum atomic E-state index is 0.296. The molecule has 0 aliphatic heterocycles. The quantitative estimate of drug-likeness (QED) is 0.855. The maximum absolute atomic E-state index is 6.48. The first-order chi connectivity index (χ1) is 8.65. The molecule has 2 fully saturated rings. The third-order valence-corrected chi connectivity index (χ3v) is 4.84. The minimum Gasteiger partial charge on any atom is -0.327 e. The Morgan fingerprint density at radius 2 is 1.83 bits per heavy atom. The molecule has 0 heterocycles. The summed E-state index contributed by atoms with van der Waals surface area (Å²) >= 11 is 6.31. The van der Waals surface area contributed by atoms with Gasteiger partial charge in [0.15, 0.2) is 0 Å². The lowest BCUT2D eigenvalue weighted by Crippen LogP contribution is -2.35. The predicted molar refractivity (Wildman–Crippen MR) is 76.8 cm³/mol. The second-order valence-corrected chi connectivity index (χ2v) is 6.62. The molecular formula is C16H22ClN. The Kier molecular flexibility index (Phi) is 3.38. The van der Waals surface area contributed by atoms with Crippen molar-refractivity contribution in [1.29, 1.82) is 0 Å². The molecule has 2 saturated carbocycles. The zero-order valence-corrected chi connectivity index (χ0v) is 11.8. The minimum absolute atomic E-state index is 0.296. The summed E-state index contributed by atoms with van der Waals surface area (Å²) in [6.07, 6.45) is 6.54. The monoisotopic (exact) mass is 263 g/mol. The lowest BCUT2D eigenvalue weighted by molar-refractivity contribution is 0.328. The summed E-state index contributed by atoms with van der Waals surface area (Å²) in [7, 11) is 0. The third-order valence-electron chi connectivity index (χ3n) is 4.49. The second-order valence-electron chi connectivity index (χ2n) is 6.22. The highest BCUT2D eigenvalue weighted by Crippen LogP contribution is 2.50. The van der Waals surface area contributed by atoms with Crippen LogP contribution < -0.4 is 5.73 Å². The Balaban J connectivity index is 1.70. The molecule has 0 saturated heterocycles. The van der Waals surface area contributed by atoms with Gasteiger partial charge in [-0.2, -0.15) is 0 Å². The first-order valence-corrected chi connectivity index (χ1v) is 7.53. The fraction of sp³-hybridized carbons (Fsp3) is 0.625. The van der Waals surface area contributed by atoms with E-state index in [4.69, 9.17) is 17.3 Å². The summed E-state index contributed by atoms with van der Waals surface area (Å²) in [6, 6.07) is 6.63. The highest BCUT2D eigenvalue weighted by atomic mass is 35.5. The highest BCUT2D eigenvalue weighted by Gasteiger charge is 2.44. The molecule has 3 rings (SSSR count). The van der Waals surface area contributed by atoms with Crippen LogP contribution >= 0.6 is 11.6 Å². The van der Waals surface area contributed by atoms with Crippen molar-refractivity contribution in [1.82, 2.24) is 0 Å². The standard InChI is InChI=1S/C16H22ClN/c1-10-2-3-13(14(17)8-10)9-15(18)16(11-4-5-11)12-6-7-12/h2-3,8,11-12,15-16H,4-7,9,18H2,1H3. The fourth-order valence-corrected chi connectivity index (χ4v) is 3.57. The molecule has 2 N–H and O–H groups in total. The van der Waals surface area contributed by atoms with E-state index < -0.39 is 0 Å². The number of nitrogens with two attached hydrogens (primary N) is 1. The zero-order chi connectivity index (χ0) is 12.7. The third kappa shape index (κ3) is 2.73. The van der Waals surface area contributed by atoms with Crippen molar-refractivity contribution in [2.45, 2.75) is 45.1 Å². The Labute approximate surface area is 115 Å². The number of aryl methyl sites for hydroxylation is 1. The molecule has 1 aromatic rings. The van der Waals surface area contributed by atoms with E-state index in [1.54, 1.807) is 0 Å². The molecule has 1 unspecified atom stereocenters. The van der Waals surface area contributed by atoms with Gasteiger partial charge in [0, 0.05) is 11.1 Å². The molecule has 2 aliphatic carbocycles. The van der Waals surface area contributed by atoms with E-state index in [9.17, 15) is 0 Å². The van der Waals surface area contributed by atoms with Crippen molar-refractivity contribution in [2.75, 3.05) is 0 Å². The summed E-state index contributed by atoms with van der Waals surface area (Å²) in [5, 5.41) is 0.885. The van der Waals surface area contributed by atoms with Gasteiger partial charge in [0.05, 0.1) is 0 Å². The van der Waals surface area contributed by atoms with E-state index in [0.29, 0.717) is 6.04 Å². The van der Waals surface area contributed by atoms with Gasteiger partial charge in [0.2, 0.25) is 0 Å². The van der Waals surface area contributed by atoms with Crippen LogP contribution in [0.2, 0.25) is 5.02 Å². The molecule has 0 bridgehead atoms. The van der Waals surface area contributed by atoms with Crippen LogP contribution in [0.25, 0.3) is 0 Å². The number of rotatable bonds is 5. The molecule has 1 atom stereocenters. The van der Waals surface area contributed by atoms with Gasteiger partial charge in [0.25, 0.3) is 0 Å².